The molecule has 0 radical (unpaired) electrons. The van der Waals surface area contributed by atoms with E-state index in [0.717, 1.165) is 0 Å². The second-order valence-corrected chi connectivity index (χ2v) is 5.93. The van der Waals surface area contributed by atoms with E-state index < -0.39 is 0 Å². The van der Waals surface area contributed by atoms with Crippen molar-refractivity contribution in [1.82, 2.24) is 0 Å². The maximum absolute atomic E-state index is 5.40. The molecule has 1 aromatic rings. The third-order valence-electron chi connectivity index (χ3n) is 3.63. The molecule has 94 valence electrons. The van der Waals surface area contributed by atoms with Crippen LogP contribution in [-0.2, 0) is 4.74 Å². The van der Waals surface area contributed by atoms with Crippen molar-refractivity contribution in [2.24, 2.45) is 0 Å². The number of hydrogen-bond donors (Lipinski definition) is 1. The topological polar surface area (TPSA) is 21.3 Å². The lowest BCUT2D eigenvalue weighted by molar-refractivity contribution is 0.0682. The molecular weight excluding hydrogens is 325 g/mol. The van der Waals surface area contributed by atoms with Crippen LogP contribution in [0.3, 0.4) is 0 Å². The highest BCUT2D eigenvalue weighted by atomic mass is 127. The van der Waals surface area contributed by atoms with E-state index in [9.17, 15) is 0 Å². The molecular formula is C14H20INO. The van der Waals surface area contributed by atoms with E-state index in [0.29, 0.717) is 12.1 Å². The van der Waals surface area contributed by atoms with Gasteiger partial charge < -0.3 is 10.1 Å². The van der Waals surface area contributed by atoms with Crippen LogP contribution in [0, 0.1) is 10.5 Å². The first-order valence-electron chi connectivity index (χ1n) is 6.25. The zero-order valence-corrected chi connectivity index (χ0v) is 12.7. The summed E-state index contributed by atoms with van der Waals surface area (Å²) >= 11 is 2.39. The van der Waals surface area contributed by atoms with Gasteiger partial charge >= 0.3 is 0 Å². The van der Waals surface area contributed by atoms with Crippen molar-refractivity contribution in [3.05, 3.63) is 27.3 Å². The largest absolute Gasteiger partial charge is 0.382 e. The fourth-order valence-corrected chi connectivity index (χ4v) is 2.92. The molecule has 1 fully saturated rings. The van der Waals surface area contributed by atoms with Crippen LogP contribution >= 0.6 is 22.6 Å². The van der Waals surface area contributed by atoms with Crippen LogP contribution in [0.15, 0.2) is 18.2 Å². The van der Waals surface area contributed by atoms with Crippen molar-refractivity contribution in [1.29, 1.82) is 0 Å². The summed E-state index contributed by atoms with van der Waals surface area (Å²) in [6, 6.07) is 7.07. The average molecular weight is 345 g/mol. The summed E-state index contributed by atoms with van der Waals surface area (Å²) in [5, 5.41) is 3.67. The molecule has 0 bridgehead atoms. The van der Waals surface area contributed by atoms with Crippen molar-refractivity contribution in [2.75, 3.05) is 12.4 Å². The van der Waals surface area contributed by atoms with Gasteiger partial charge in [-0.05, 0) is 72.9 Å². The number of hydrogen-bond acceptors (Lipinski definition) is 2. The third kappa shape index (κ3) is 3.35. The van der Waals surface area contributed by atoms with Crippen LogP contribution in [-0.4, -0.2) is 19.3 Å². The molecule has 1 aliphatic rings. The molecule has 2 nitrogen and oxygen atoms in total. The molecule has 0 saturated heterocycles. The Balaban J connectivity index is 1.95. The molecule has 1 aliphatic carbocycles. The van der Waals surface area contributed by atoms with Crippen molar-refractivity contribution in [2.45, 2.75) is 44.8 Å². The van der Waals surface area contributed by atoms with Gasteiger partial charge in [0.1, 0.15) is 0 Å². The highest BCUT2D eigenvalue weighted by molar-refractivity contribution is 14.1. The van der Waals surface area contributed by atoms with Crippen molar-refractivity contribution >= 4 is 28.3 Å². The van der Waals surface area contributed by atoms with E-state index in [4.69, 9.17) is 4.74 Å². The lowest BCUT2D eigenvalue weighted by Gasteiger charge is -2.29. The van der Waals surface area contributed by atoms with Crippen LogP contribution in [0.2, 0.25) is 0 Å². The van der Waals surface area contributed by atoms with E-state index in [-0.39, 0.29) is 0 Å². The van der Waals surface area contributed by atoms with Crippen molar-refractivity contribution in [3.63, 3.8) is 0 Å². The number of methoxy groups -OCH3 is 1. The highest BCUT2D eigenvalue weighted by Gasteiger charge is 2.20. The monoisotopic (exact) mass is 345 g/mol. The molecule has 0 atom stereocenters. The van der Waals surface area contributed by atoms with Gasteiger partial charge in [0.05, 0.1) is 6.10 Å². The number of anilines is 1. The van der Waals surface area contributed by atoms with Gasteiger partial charge in [0, 0.05) is 22.4 Å². The fourth-order valence-electron chi connectivity index (χ4n) is 2.43. The van der Waals surface area contributed by atoms with Gasteiger partial charge in [-0.2, -0.15) is 0 Å². The summed E-state index contributed by atoms with van der Waals surface area (Å²) in [6.45, 7) is 2.19. The Morgan fingerprint density at radius 3 is 2.59 bits per heavy atom. The highest BCUT2D eigenvalue weighted by Crippen LogP contribution is 2.26. The van der Waals surface area contributed by atoms with Gasteiger partial charge in [-0.3, -0.25) is 0 Å². The minimum Gasteiger partial charge on any atom is -0.382 e. The first-order chi connectivity index (χ1) is 8.20. The van der Waals surface area contributed by atoms with Crippen LogP contribution in [0.4, 0.5) is 5.69 Å². The molecule has 1 aromatic carbocycles. The van der Waals surface area contributed by atoms with Gasteiger partial charge in [0.15, 0.2) is 0 Å². The van der Waals surface area contributed by atoms with E-state index >= 15 is 0 Å². The Morgan fingerprint density at radius 1 is 1.24 bits per heavy atom. The van der Waals surface area contributed by atoms with Gasteiger partial charge in [-0.1, -0.05) is 6.07 Å². The van der Waals surface area contributed by atoms with Crippen molar-refractivity contribution < 1.29 is 4.74 Å². The molecule has 3 heteroatoms. The summed E-state index contributed by atoms with van der Waals surface area (Å²) in [6.07, 6.45) is 5.26. The molecule has 0 aliphatic heterocycles. The van der Waals surface area contributed by atoms with E-state index in [1.54, 1.807) is 0 Å². The molecule has 0 aromatic heterocycles. The van der Waals surface area contributed by atoms with Crippen LogP contribution < -0.4 is 5.32 Å². The second kappa shape index (κ2) is 6.05. The number of ether oxygens (including phenoxy) is 1. The summed E-state index contributed by atoms with van der Waals surface area (Å²) < 4.78 is 6.74. The van der Waals surface area contributed by atoms with Gasteiger partial charge in [-0.25, -0.2) is 0 Å². The van der Waals surface area contributed by atoms with Crippen molar-refractivity contribution in [3.8, 4) is 0 Å². The number of rotatable bonds is 3. The molecule has 17 heavy (non-hydrogen) atoms. The van der Waals surface area contributed by atoms with Gasteiger partial charge in [0.2, 0.25) is 0 Å². The van der Waals surface area contributed by atoms with Gasteiger partial charge in [0.25, 0.3) is 0 Å². The number of nitrogens with one attached hydrogen (secondary N) is 1. The Morgan fingerprint density at radius 2 is 1.94 bits per heavy atom. The minimum atomic E-state index is 0.477. The van der Waals surface area contributed by atoms with Crippen LogP contribution in [0.5, 0.6) is 0 Å². The Kier molecular flexibility index (Phi) is 4.68. The normalized spacial score (nSPS) is 24.6. The maximum atomic E-state index is 5.40. The quantitative estimate of drug-likeness (QED) is 0.837. The predicted molar refractivity (Wildman–Crippen MR) is 80.6 cm³/mol. The molecule has 0 spiro atoms. The average Bonchev–Trinajstić information content (AvgIpc) is 2.36. The smallest absolute Gasteiger partial charge is 0.0572 e. The summed E-state index contributed by atoms with van der Waals surface area (Å²) in [5.41, 5.74) is 2.65. The van der Waals surface area contributed by atoms with Gasteiger partial charge in [-0.15, -0.1) is 0 Å². The first-order valence-corrected chi connectivity index (χ1v) is 7.33. The number of benzene rings is 1. The lowest BCUT2D eigenvalue weighted by atomic mass is 9.92. The molecule has 0 amide bonds. The summed E-state index contributed by atoms with van der Waals surface area (Å²) in [5.74, 6) is 0. The molecule has 0 unspecified atom stereocenters. The minimum absolute atomic E-state index is 0.477. The molecule has 1 N–H and O–H groups in total. The number of halogens is 1. The first kappa shape index (κ1) is 13.1. The maximum Gasteiger partial charge on any atom is 0.0572 e. The zero-order chi connectivity index (χ0) is 12.3. The fraction of sp³-hybridized carbons (Fsp3) is 0.571. The molecule has 0 heterocycles. The van der Waals surface area contributed by atoms with Crippen LogP contribution in [0.1, 0.15) is 31.2 Å². The van der Waals surface area contributed by atoms with E-state index in [2.05, 4.69) is 53.0 Å². The van der Waals surface area contributed by atoms with Crippen LogP contribution in [0.25, 0.3) is 0 Å². The Hall–Kier alpha value is -0.290. The molecule has 2 rings (SSSR count). The second-order valence-electron chi connectivity index (χ2n) is 4.77. The molecule has 1 saturated carbocycles. The standard InChI is InChI=1S/C14H20INO/c1-10-13(15)4-3-5-14(10)16-11-6-8-12(17-2)9-7-11/h3-5,11-12,16H,6-9H2,1-2H3. The predicted octanol–water partition coefficient (Wildman–Crippen LogP) is 3.97. The zero-order valence-electron chi connectivity index (χ0n) is 10.5. The summed E-state index contributed by atoms with van der Waals surface area (Å²) in [4.78, 5) is 0. The Bertz CT molecular complexity index is 372. The van der Waals surface area contributed by atoms with E-state index in [1.807, 2.05) is 7.11 Å². The Labute approximate surface area is 117 Å². The summed E-state index contributed by atoms with van der Waals surface area (Å²) in [7, 11) is 1.82. The third-order valence-corrected chi connectivity index (χ3v) is 4.80. The SMILES string of the molecule is COC1CCC(Nc2cccc(I)c2C)CC1. The lowest BCUT2D eigenvalue weighted by Crippen LogP contribution is -2.29. The van der Waals surface area contributed by atoms with E-state index in [1.165, 1.54) is 40.5 Å².